The van der Waals surface area contributed by atoms with Crippen LogP contribution < -0.4 is 10.7 Å². The zero-order chi connectivity index (χ0) is 14.5. The third kappa shape index (κ3) is 2.92. The third-order valence-corrected chi connectivity index (χ3v) is 2.95. The Bertz CT molecular complexity index is 719. The number of fused-ring (bicyclic) bond motifs is 1. The van der Waals surface area contributed by atoms with Gasteiger partial charge in [-0.15, -0.1) is 0 Å². The molecule has 6 nitrogen and oxygen atoms in total. The summed E-state index contributed by atoms with van der Waals surface area (Å²) in [7, 11) is 1.88. The van der Waals surface area contributed by atoms with Gasteiger partial charge in [-0.25, -0.2) is 0 Å². The van der Waals surface area contributed by atoms with Crippen LogP contribution in [0, 0.1) is 10.1 Å². The molecule has 0 aliphatic rings. The number of benzene rings is 1. The van der Waals surface area contributed by atoms with E-state index in [1.165, 1.54) is 0 Å². The van der Waals surface area contributed by atoms with Crippen molar-refractivity contribution in [1.29, 1.82) is 0 Å². The minimum Gasteiger partial charge on any atom is -0.355 e. The molecule has 0 saturated carbocycles. The number of hydrogen-bond donors (Lipinski definition) is 2. The van der Waals surface area contributed by atoms with Gasteiger partial charge in [-0.3, -0.25) is 14.9 Å². The Morgan fingerprint density at radius 1 is 1.45 bits per heavy atom. The van der Waals surface area contributed by atoms with E-state index in [-0.39, 0.29) is 0 Å². The Hall–Kier alpha value is -2.47. The molecule has 0 aliphatic heterocycles. The predicted octanol–water partition coefficient (Wildman–Crippen LogP) is 2.06. The topological polar surface area (TPSA) is 88.0 Å². The van der Waals surface area contributed by atoms with Gasteiger partial charge in [0.1, 0.15) is 0 Å². The van der Waals surface area contributed by atoms with E-state index in [1.807, 2.05) is 25.3 Å². The maximum absolute atomic E-state index is 12.0. The van der Waals surface area contributed by atoms with Gasteiger partial charge in [-0.2, -0.15) is 0 Å². The molecule has 2 aromatic rings. The average molecular weight is 273 g/mol. The van der Waals surface area contributed by atoms with Crippen molar-refractivity contribution in [2.75, 3.05) is 13.6 Å². The summed E-state index contributed by atoms with van der Waals surface area (Å²) in [5.41, 5.74) is 0.440. The normalized spacial score (nSPS) is 11.2. The molecule has 0 saturated heterocycles. The highest BCUT2D eigenvalue weighted by atomic mass is 16.6. The highest BCUT2D eigenvalue weighted by Gasteiger charge is 2.14. The van der Waals surface area contributed by atoms with E-state index >= 15 is 0 Å². The molecular weight excluding hydrogens is 258 g/mol. The molecule has 1 aromatic carbocycles. The predicted molar refractivity (Wildman–Crippen MR) is 78.8 cm³/mol. The second kappa shape index (κ2) is 6.12. The van der Waals surface area contributed by atoms with Crippen molar-refractivity contribution in [3.05, 3.63) is 56.4 Å². The van der Waals surface area contributed by atoms with Crippen molar-refractivity contribution in [1.82, 2.24) is 10.3 Å². The first-order chi connectivity index (χ1) is 9.63. The first-order valence-corrected chi connectivity index (χ1v) is 6.24. The summed E-state index contributed by atoms with van der Waals surface area (Å²) < 4.78 is 0. The molecule has 1 heterocycles. The van der Waals surface area contributed by atoms with Crippen molar-refractivity contribution < 1.29 is 4.92 Å². The third-order valence-electron chi connectivity index (χ3n) is 2.95. The summed E-state index contributed by atoms with van der Waals surface area (Å²) >= 11 is 0. The van der Waals surface area contributed by atoms with Gasteiger partial charge in [0.05, 0.1) is 16.5 Å². The molecule has 0 unspecified atom stereocenters. The summed E-state index contributed by atoms with van der Waals surface area (Å²) in [6.07, 6.45) is 5.89. The SMILES string of the molecule is CNCCC=Cc1ccc2[nH]cc([N+](=O)[O-])c(=O)c2c1. The molecular formula is C14H15N3O3. The van der Waals surface area contributed by atoms with Crippen molar-refractivity contribution >= 4 is 22.7 Å². The van der Waals surface area contributed by atoms with Crippen molar-refractivity contribution in [3.8, 4) is 0 Å². The minimum atomic E-state index is -0.673. The van der Waals surface area contributed by atoms with Crippen LogP contribution in [0.15, 0.2) is 35.3 Å². The number of nitrogens with one attached hydrogen (secondary N) is 2. The fourth-order valence-electron chi connectivity index (χ4n) is 1.91. The number of nitrogens with zero attached hydrogens (tertiary/aromatic N) is 1. The van der Waals surface area contributed by atoms with Crippen molar-refractivity contribution in [3.63, 3.8) is 0 Å². The van der Waals surface area contributed by atoms with Crippen LogP contribution >= 0.6 is 0 Å². The van der Waals surface area contributed by atoms with Crippen molar-refractivity contribution in [2.24, 2.45) is 0 Å². The summed E-state index contributed by atoms with van der Waals surface area (Å²) in [6, 6.07) is 5.27. The second-order valence-corrected chi connectivity index (χ2v) is 4.36. The molecule has 0 bridgehead atoms. The molecule has 0 fully saturated rings. The molecule has 0 atom stereocenters. The molecule has 2 rings (SSSR count). The van der Waals surface area contributed by atoms with Gasteiger partial charge in [0.25, 0.3) is 5.43 Å². The van der Waals surface area contributed by atoms with E-state index in [0.717, 1.165) is 24.7 Å². The fourth-order valence-corrected chi connectivity index (χ4v) is 1.91. The number of nitro groups is 1. The maximum Gasteiger partial charge on any atom is 0.332 e. The molecule has 1 aromatic heterocycles. The van der Waals surface area contributed by atoms with Crippen molar-refractivity contribution in [2.45, 2.75) is 6.42 Å². The number of hydrogen-bond acceptors (Lipinski definition) is 4. The highest BCUT2D eigenvalue weighted by Crippen LogP contribution is 2.15. The highest BCUT2D eigenvalue weighted by molar-refractivity contribution is 5.82. The molecule has 0 spiro atoms. The van der Waals surface area contributed by atoms with Crippen LogP contribution in [-0.2, 0) is 0 Å². The van der Waals surface area contributed by atoms with E-state index in [9.17, 15) is 14.9 Å². The second-order valence-electron chi connectivity index (χ2n) is 4.36. The Labute approximate surface area is 115 Å². The van der Waals surface area contributed by atoms with Crippen LogP contribution in [0.3, 0.4) is 0 Å². The number of pyridine rings is 1. The molecule has 6 heteroatoms. The first-order valence-electron chi connectivity index (χ1n) is 6.24. The lowest BCUT2D eigenvalue weighted by Gasteiger charge is -2.00. The number of rotatable bonds is 5. The van der Waals surface area contributed by atoms with Crippen LogP contribution in [0.1, 0.15) is 12.0 Å². The Morgan fingerprint density at radius 2 is 2.25 bits per heavy atom. The molecule has 0 amide bonds. The average Bonchev–Trinajstić information content (AvgIpc) is 2.44. The molecule has 0 aliphatic carbocycles. The summed E-state index contributed by atoms with van der Waals surface area (Å²) in [5, 5.41) is 14.1. The van der Waals surface area contributed by atoms with Crippen LogP contribution in [0.5, 0.6) is 0 Å². The standard InChI is InChI=1S/C14H15N3O3/c1-15-7-3-2-4-10-5-6-12-11(8-10)14(18)13(9-16-12)17(19)20/h2,4-6,8-9,15H,3,7H2,1H3,(H,16,18). The zero-order valence-electron chi connectivity index (χ0n) is 11.1. The zero-order valence-corrected chi connectivity index (χ0v) is 11.1. The molecule has 2 N–H and O–H groups in total. The van der Waals surface area contributed by atoms with E-state index in [1.54, 1.807) is 12.1 Å². The molecule has 104 valence electrons. The van der Waals surface area contributed by atoms with Gasteiger partial charge in [0.2, 0.25) is 0 Å². The lowest BCUT2D eigenvalue weighted by molar-refractivity contribution is -0.386. The van der Waals surface area contributed by atoms with Crippen LogP contribution in [-0.4, -0.2) is 23.5 Å². The van der Waals surface area contributed by atoms with Crippen LogP contribution in [0.2, 0.25) is 0 Å². The van der Waals surface area contributed by atoms with Gasteiger partial charge in [-0.05, 0) is 37.7 Å². The fraction of sp³-hybridized carbons (Fsp3) is 0.214. The largest absolute Gasteiger partial charge is 0.355 e. The Morgan fingerprint density at radius 3 is 2.95 bits per heavy atom. The monoisotopic (exact) mass is 273 g/mol. The van der Waals surface area contributed by atoms with Gasteiger partial charge < -0.3 is 10.3 Å². The van der Waals surface area contributed by atoms with E-state index in [4.69, 9.17) is 0 Å². The van der Waals surface area contributed by atoms with Gasteiger partial charge >= 0.3 is 5.69 Å². The lowest BCUT2D eigenvalue weighted by Crippen LogP contribution is -2.09. The summed E-state index contributed by atoms with van der Waals surface area (Å²) in [6.45, 7) is 0.871. The van der Waals surface area contributed by atoms with Gasteiger partial charge in [0, 0.05) is 5.52 Å². The number of H-pyrrole nitrogens is 1. The molecule has 0 radical (unpaired) electrons. The van der Waals surface area contributed by atoms with E-state index in [2.05, 4.69) is 10.3 Å². The van der Waals surface area contributed by atoms with E-state index in [0.29, 0.717) is 10.9 Å². The maximum atomic E-state index is 12.0. The smallest absolute Gasteiger partial charge is 0.332 e. The molecule has 20 heavy (non-hydrogen) atoms. The van der Waals surface area contributed by atoms with E-state index < -0.39 is 16.0 Å². The van der Waals surface area contributed by atoms with Gasteiger partial charge in [-0.1, -0.05) is 18.2 Å². The van der Waals surface area contributed by atoms with Gasteiger partial charge in [0.15, 0.2) is 0 Å². The summed E-state index contributed by atoms with van der Waals surface area (Å²) in [4.78, 5) is 24.9. The minimum absolute atomic E-state index is 0.329. The Kier molecular flexibility index (Phi) is 4.27. The number of aromatic nitrogens is 1. The summed E-state index contributed by atoms with van der Waals surface area (Å²) in [5.74, 6) is 0. The number of aromatic amines is 1. The Balaban J connectivity index is 2.42. The van der Waals surface area contributed by atoms with Crippen LogP contribution in [0.25, 0.3) is 17.0 Å². The first kappa shape index (κ1) is 14.0. The lowest BCUT2D eigenvalue weighted by atomic mass is 10.1. The quantitative estimate of drug-likeness (QED) is 0.496. The van der Waals surface area contributed by atoms with Crippen LogP contribution in [0.4, 0.5) is 5.69 Å².